The lowest BCUT2D eigenvalue weighted by molar-refractivity contribution is -0.115. The number of anilines is 1. The van der Waals surface area contributed by atoms with Crippen molar-refractivity contribution in [3.05, 3.63) is 63.9 Å². The molecule has 1 heterocycles. The van der Waals surface area contributed by atoms with E-state index < -0.39 is 0 Å². The average Bonchev–Trinajstić information content (AvgIpc) is 2.85. The molecule has 1 aliphatic heterocycles. The lowest BCUT2D eigenvalue weighted by atomic mass is 10.2. The Kier molecular flexibility index (Phi) is 4.11. The molecule has 108 valence electrons. The first-order valence-corrected chi connectivity index (χ1v) is 8.01. The molecular formula is C15H10Cl2FNOS. The zero-order valence-corrected chi connectivity index (χ0v) is 13.1. The number of nitrogens with zero attached hydrogens (tertiary/aromatic N) is 1. The maximum atomic E-state index is 13.1. The number of carbonyl (C=O) groups excluding carboxylic acids is 1. The summed E-state index contributed by atoms with van der Waals surface area (Å²) in [4.78, 5) is 13.8. The van der Waals surface area contributed by atoms with Crippen LogP contribution in [0.2, 0.25) is 10.0 Å². The second kappa shape index (κ2) is 5.87. The predicted molar refractivity (Wildman–Crippen MR) is 85.5 cm³/mol. The van der Waals surface area contributed by atoms with Gasteiger partial charge in [-0.2, -0.15) is 0 Å². The van der Waals surface area contributed by atoms with Crippen LogP contribution in [0.1, 0.15) is 10.9 Å². The number of benzene rings is 2. The van der Waals surface area contributed by atoms with Crippen LogP contribution in [0.4, 0.5) is 10.1 Å². The third kappa shape index (κ3) is 2.76. The van der Waals surface area contributed by atoms with E-state index in [4.69, 9.17) is 23.2 Å². The van der Waals surface area contributed by atoms with Gasteiger partial charge in [-0.05, 0) is 30.3 Å². The normalized spacial score (nSPS) is 18.3. The van der Waals surface area contributed by atoms with Crippen LogP contribution in [-0.2, 0) is 4.79 Å². The Balaban J connectivity index is 2.03. The molecule has 0 N–H and O–H groups in total. The molecule has 0 aliphatic carbocycles. The van der Waals surface area contributed by atoms with Crippen molar-refractivity contribution in [2.75, 3.05) is 10.7 Å². The first kappa shape index (κ1) is 14.7. The minimum Gasteiger partial charge on any atom is -0.295 e. The summed E-state index contributed by atoms with van der Waals surface area (Å²) in [7, 11) is 0. The van der Waals surface area contributed by atoms with E-state index >= 15 is 0 Å². The van der Waals surface area contributed by atoms with Gasteiger partial charge >= 0.3 is 0 Å². The van der Waals surface area contributed by atoms with Gasteiger partial charge in [-0.25, -0.2) is 4.39 Å². The van der Waals surface area contributed by atoms with Crippen molar-refractivity contribution in [1.29, 1.82) is 0 Å². The Labute approximate surface area is 135 Å². The molecule has 1 amide bonds. The minimum atomic E-state index is -0.338. The van der Waals surface area contributed by atoms with Crippen LogP contribution in [-0.4, -0.2) is 11.7 Å². The van der Waals surface area contributed by atoms with Gasteiger partial charge in [0.05, 0.1) is 15.8 Å². The fraction of sp³-hybridized carbons (Fsp3) is 0.133. The molecule has 0 unspecified atom stereocenters. The summed E-state index contributed by atoms with van der Waals surface area (Å²) >= 11 is 13.8. The Morgan fingerprint density at radius 1 is 1.14 bits per heavy atom. The van der Waals surface area contributed by atoms with Gasteiger partial charge in [0, 0.05) is 11.3 Å². The summed E-state index contributed by atoms with van der Waals surface area (Å²) in [5.41, 5.74) is 1.43. The van der Waals surface area contributed by atoms with Gasteiger partial charge in [-0.1, -0.05) is 35.3 Å². The number of hydrogen-bond donors (Lipinski definition) is 0. The van der Waals surface area contributed by atoms with E-state index in [9.17, 15) is 9.18 Å². The molecule has 2 aromatic carbocycles. The maximum absolute atomic E-state index is 13.1. The van der Waals surface area contributed by atoms with E-state index in [0.717, 1.165) is 5.56 Å². The lowest BCUT2D eigenvalue weighted by Gasteiger charge is -2.25. The molecular weight excluding hydrogens is 332 g/mol. The summed E-state index contributed by atoms with van der Waals surface area (Å²) in [6.45, 7) is 0. The molecule has 0 spiro atoms. The Bertz CT molecular complexity index is 693. The quantitative estimate of drug-likeness (QED) is 0.773. The van der Waals surface area contributed by atoms with E-state index in [0.29, 0.717) is 21.5 Å². The van der Waals surface area contributed by atoms with E-state index in [-0.39, 0.29) is 17.1 Å². The first-order chi connectivity index (χ1) is 10.1. The molecule has 3 rings (SSSR count). The maximum Gasteiger partial charge on any atom is 0.238 e. The number of hydrogen-bond acceptors (Lipinski definition) is 2. The monoisotopic (exact) mass is 341 g/mol. The molecule has 1 saturated heterocycles. The van der Waals surface area contributed by atoms with Crippen LogP contribution < -0.4 is 4.90 Å². The predicted octanol–water partition coefficient (Wildman–Crippen LogP) is 4.91. The molecule has 2 nitrogen and oxygen atoms in total. The van der Waals surface area contributed by atoms with Gasteiger partial charge in [0.2, 0.25) is 5.91 Å². The summed E-state index contributed by atoms with van der Waals surface area (Å²) < 4.78 is 13.1. The SMILES string of the molecule is O=C1CS[C@@H](c2cccc(Cl)c2Cl)N1c1ccc(F)cc1. The van der Waals surface area contributed by atoms with E-state index in [1.165, 1.54) is 23.9 Å². The smallest absolute Gasteiger partial charge is 0.238 e. The van der Waals surface area contributed by atoms with Crippen LogP contribution in [0.3, 0.4) is 0 Å². The van der Waals surface area contributed by atoms with Crippen molar-refractivity contribution < 1.29 is 9.18 Å². The molecule has 21 heavy (non-hydrogen) atoms. The van der Waals surface area contributed by atoms with Gasteiger partial charge in [0.25, 0.3) is 0 Å². The van der Waals surface area contributed by atoms with E-state index in [1.54, 1.807) is 29.2 Å². The first-order valence-electron chi connectivity index (χ1n) is 6.21. The topological polar surface area (TPSA) is 20.3 Å². The van der Waals surface area contributed by atoms with Gasteiger partial charge in [0.15, 0.2) is 0 Å². The zero-order valence-electron chi connectivity index (χ0n) is 10.7. The molecule has 1 fully saturated rings. The summed E-state index contributed by atoms with van der Waals surface area (Å²) in [6.07, 6.45) is 0. The summed E-state index contributed by atoms with van der Waals surface area (Å²) in [5, 5.41) is 0.640. The standard InChI is InChI=1S/C15H10Cl2FNOS/c16-12-3-1-2-11(14(12)17)15-19(13(20)8-21-15)10-6-4-9(18)5-7-10/h1-7,15H,8H2/t15-/m0/s1. The van der Waals surface area contributed by atoms with Crippen LogP contribution in [0.5, 0.6) is 0 Å². The fourth-order valence-electron chi connectivity index (χ4n) is 2.25. The highest BCUT2D eigenvalue weighted by molar-refractivity contribution is 8.00. The zero-order chi connectivity index (χ0) is 15.0. The van der Waals surface area contributed by atoms with Gasteiger partial charge in [0.1, 0.15) is 11.2 Å². The highest BCUT2D eigenvalue weighted by atomic mass is 35.5. The number of carbonyl (C=O) groups is 1. The Morgan fingerprint density at radius 2 is 1.86 bits per heavy atom. The molecule has 2 aromatic rings. The Hall–Kier alpha value is -1.23. The molecule has 0 saturated carbocycles. The fourth-order valence-corrected chi connectivity index (χ4v) is 3.93. The minimum absolute atomic E-state index is 0.0346. The van der Waals surface area contributed by atoms with Crippen molar-refractivity contribution >= 4 is 46.6 Å². The average molecular weight is 342 g/mol. The molecule has 0 radical (unpaired) electrons. The van der Waals surface area contributed by atoms with Crippen molar-refractivity contribution in [3.8, 4) is 0 Å². The van der Waals surface area contributed by atoms with Gasteiger partial charge in [-0.15, -0.1) is 11.8 Å². The highest BCUT2D eigenvalue weighted by Gasteiger charge is 2.35. The van der Waals surface area contributed by atoms with E-state index in [1.807, 2.05) is 6.07 Å². The second-order valence-electron chi connectivity index (χ2n) is 4.55. The van der Waals surface area contributed by atoms with Crippen LogP contribution in [0.15, 0.2) is 42.5 Å². The number of rotatable bonds is 2. The van der Waals surface area contributed by atoms with Crippen molar-refractivity contribution in [1.82, 2.24) is 0 Å². The van der Waals surface area contributed by atoms with Crippen LogP contribution in [0.25, 0.3) is 0 Å². The molecule has 0 aromatic heterocycles. The highest BCUT2D eigenvalue weighted by Crippen LogP contribution is 2.45. The largest absolute Gasteiger partial charge is 0.295 e. The van der Waals surface area contributed by atoms with Gasteiger partial charge < -0.3 is 0 Å². The van der Waals surface area contributed by atoms with Crippen molar-refractivity contribution in [3.63, 3.8) is 0 Å². The third-order valence-electron chi connectivity index (χ3n) is 3.22. The lowest BCUT2D eigenvalue weighted by Crippen LogP contribution is -2.27. The van der Waals surface area contributed by atoms with Crippen molar-refractivity contribution in [2.45, 2.75) is 5.37 Å². The number of halogens is 3. The van der Waals surface area contributed by atoms with E-state index in [2.05, 4.69) is 0 Å². The number of amides is 1. The molecule has 1 atom stereocenters. The van der Waals surface area contributed by atoms with Crippen LogP contribution >= 0.6 is 35.0 Å². The summed E-state index contributed by atoms with van der Waals surface area (Å²) in [6, 6.07) is 11.2. The van der Waals surface area contributed by atoms with Crippen molar-refractivity contribution in [2.24, 2.45) is 0 Å². The molecule has 0 bridgehead atoms. The number of thioether (sulfide) groups is 1. The van der Waals surface area contributed by atoms with Gasteiger partial charge in [-0.3, -0.25) is 9.69 Å². The Morgan fingerprint density at radius 3 is 2.57 bits per heavy atom. The summed E-state index contributed by atoms with van der Waals surface area (Å²) in [5.74, 6) is -0.0201. The van der Waals surface area contributed by atoms with Crippen LogP contribution in [0, 0.1) is 5.82 Å². The molecule has 1 aliphatic rings. The third-order valence-corrected chi connectivity index (χ3v) is 5.25. The molecule has 6 heteroatoms. The second-order valence-corrected chi connectivity index (χ2v) is 6.40.